The zero-order valence-corrected chi connectivity index (χ0v) is 9.29. The molecule has 4 heteroatoms. The number of carbonyl (C=O) groups is 1. The van der Waals surface area contributed by atoms with Crippen LogP contribution in [0.3, 0.4) is 0 Å². The van der Waals surface area contributed by atoms with E-state index in [2.05, 4.69) is 4.98 Å². The highest BCUT2D eigenvalue weighted by atomic mass is 16.5. The molecule has 0 radical (unpaired) electrons. The van der Waals surface area contributed by atoms with Gasteiger partial charge in [-0.05, 0) is 25.0 Å². The second-order valence-electron chi connectivity index (χ2n) is 4.73. The third-order valence-corrected chi connectivity index (χ3v) is 4.05. The number of hydrogen-bond acceptors (Lipinski definition) is 3. The number of methoxy groups -OCH3 is 1. The Morgan fingerprint density at radius 3 is 2.62 bits per heavy atom. The lowest BCUT2D eigenvalue weighted by Crippen LogP contribution is -2.56. The number of aromatic amines is 1. The predicted molar refractivity (Wildman–Crippen MR) is 57.0 cm³/mol. The second-order valence-corrected chi connectivity index (χ2v) is 4.73. The maximum absolute atomic E-state index is 11.9. The topological polar surface area (TPSA) is 51.3 Å². The van der Waals surface area contributed by atoms with Gasteiger partial charge in [-0.1, -0.05) is 0 Å². The molecule has 2 heterocycles. The molecule has 1 N–H and O–H groups in total. The van der Waals surface area contributed by atoms with Gasteiger partial charge < -0.3 is 14.5 Å². The van der Waals surface area contributed by atoms with Gasteiger partial charge in [0.15, 0.2) is 0 Å². The molecule has 2 aliphatic rings. The average molecular weight is 221 g/mol. The lowest BCUT2D eigenvalue weighted by Gasteiger charge is -2.46. The third kappa shape index (κ3) is 1.00. The first-order chi connectivity index (χ1) is 7.75. The monoisotopic (exact) mass is 221 g/mol. The molecule has 1 aromatic rings. The summed E-state index contributed by atoms with van der Waals surface area (Å²) in [5, 5.41) is 0. The Kier molecular flexibility index (Phi) is 1.92. The van der Waals surface area contributed by atoms with Crippen LogP contribution in [0.4, 0.5) is 0 Å². The van der Waals surface area contributed by atoms with Crippen LogP contribution in [0.1, 0.15) is 18.5 Å². The number of hydrogen-bond donors (Lipinski definition) is 1. The molecule has 0 amide bonds. The van der Waals surface area contributed by atoms with Crippen molar-refractivity contribution in [3.05, 3.63) is 24.0 Å². The third-order valence-electron chi connectivity index (χ3n) is 4.05. The zero-order valence-electron chi connectivity index (χ0n) is 9.29. The molecule has 3 rings (SSSR count). The second kappa shape index (κ2) is 3.10. The molecule has 1 aliphatic heterocycles. The van der Waals surface area contributed by atoms with Gasteiger partial charge in [0.1, 0.15) is 0 Å². The Bertz CT molecular complexity index is 402. The van der Waals surface area contributed by atoms with Crippen molar-refractivity contribution in [2.75, 3.05) is 20.3 Å². The number of rotatable bonds is 3. The van der Waals surface area contributed by atoms with E-state index in [1.54, 1.807) is 0 Å². The number of esters is 1. The minimum absolute atomic E-state index is 0.0922. The number of ether oxygens (including phenoxy) is 2. The van der Waals surface area contributed by atoms with Crippen LogP contribution in [0.15, 0.2) is 18.3 Å². The summed E-state index contributed by atoms with van der Waals surface area (Å²) in [6.45, 7) is 1.23. The fraction of sp³-hybridized carbons (Fsp3) is 0.583. The molecular weight excluding hydrogens is 206 g/mol. The Morgan fingerprint density at radius 2 is 2.25 bits per heavy atom. The maximum Gasteiger partial charge on any atom is 0.312 e. The van der Waals surface area contributed by atoms with Gasteiger partial charge in [-0.15, -0.1) is 0 Å². The summed E-state index contributed by atoms with van der Waals surface area (Å²) < 4.78 is 10.3. The van der Waals surface area contributed by atoms with Crippen molar-refractivity contribution in [2.24, 2.45) is 5.41 Å². The highest BCUT2D eigenvalue weighted by Crippen LogP contribution is 2.62. The molecule has 86 valence electrons. The van der Waals surface area contributed by atoms with E-state index in [1.165, 1.54) is 7.11 Å². The molecule has 1 aromatic heterocycles. The number of H-pyrrole nitrogens is 1. The lowest BCUT2D eigenvalue weighted by molar-refractivity contribution is -0.165. The molecule has 1 saturated heterocycles. The van der Waals surface area contributed by atoms with Gasteiger partial charge in [0, 0.05) is 11.9 Å². The molecule has 4 nitrogen and oxygen atoms in total. The van der Waals surface area contributed by atoms with Gasteiger partial charge in [0.25, 0.3) is 0 Å². The molecule has 0 spiro atoms. The standard InChI is InChI=1S/C12H15NO3/c1-15-10(14)11(4-5-11)12(7-16-8-12)9-3-2-6-13-9/h2-3,6,13H,4-5,7-8H2,1H3. The Morgan fingerprint density at radius 1 is 1.50 bits per heavy atom. The number of nitrogens with one attached hydrogen (secondary N) is 1. The quantitative estimate of drug-likeness (QED) is 0.781. The average Bonchev–Trinajstić information content (AvgIpc) is 2.85. The maximum atomic E-state index is 11.9. The Hall–Kier alpha value is -1.29. The normalized spacial score (nSPS) is 24.6. The summed E-state index contributed by atoms with van der Waals surface area (Å²) in [7, 11) is 1.46. The van der Waals surface area contributed by atoms with Crippen LogP contribution in [0, 0.1) is 5.41 Å². The first kappa shape index (κ1) is 9.90. The molecule has 0 unspecified atom stereocenters. The first-order valence-corrected chi connectivity index (χ1v) is 5.55. The smallest absolute Gasteiger partial charge is 0.312 e. The lowest BCUT2D eigenvalue weighted by atomic mass is 9.68. The summed E-state index contributed by atoms with van der Waals surface area (Å²) in [5.74, 6) is -0.0922. The summed E-state index contributed by atoms with van der Waals surface area (Å²) in [5.41, 5.74) is 0.579. The van der Waals surface area contributed by atoms with Crippen LogP contribution in [-0.4, -0.2) is 31.3 Å². The Balaban J connectivity index is 2.00. The minimum atomic E-state index is -0.342. The van der Waals surface area contributed by atoms with Crippen molar-refractivity contribution < 1.29 is 14.3 Å². The summed E-state index contributed by atoms with van der Waals surface area (Å²) in [6, 6.07) is 3.99. The van der Waals surface area contributed by atoms with Gasteiger partial charge in [0.05, 0.1) is 31.2 Å². The van der Waals surface area contributed by atoms with Crippen molar-refractivity contribution in [2.45, 2.75) is 18.3 Å². The van der Waals surface area contributed by atoms with Crippen molar-refractivity contribution in [1.82, 2.24) is 4.98 Å². The van der Waals surface area contributed by atoms with Crippen molar-refractivity contribution in [3.8, 4) is 0 Å². The molecule has 0 atom stereocenters. The Labute approximate surface area is 93.9 Å². The first-order valence-electron chi connectivity index (χ1n) is 5.55. The van der Waals surface area contributed by atoms with E-state index in [4.69, 9.17) is 9.47 Å². The SMILES string of the molecule is COC(=O)C1(C2(c3ccc[nH]3)COC2)CC1. The van der Waals surface area contributed by atoms with Crippen LogP contribution in [-0.2, 0) is 19.7 Å². The van der Waals surface area contributed by atoms with Gasteiger partial charge >= 0.3 is 5.97 Å². The van der Waals surface area contributed by atoms with Crippen LogP contribution >= 0.6 is 0 Å². The van der Waals surface area contributed by atoms with E-state index >= 15 is 0 Å². The van der Waals surface area contributed by atoms with E-state index in [0.29, 0.717) is 13.2 Å². The van der Waals surface area contributed by atoms with Gasteiger partial charge in [-0.25, -0.2) is 0 Å². The number of aromatic nitrogens is 1. The molecule has 16 heavy (non-hydrogen) atoms. The predicted octanol–water partition coefficient (Wildman–Crippen LogP) is 1.24. The highest BCUT2D eigenvalue weighted by Gasteiger charge is 2.69. The van der Waals surface area contributed by atoms with Crippen LogP contribution in [0.25, 0.3) is 0 Å². The van der Waals surface area contributed by atoms with Crippen molar-refractivity contribution in [1.29, 1.82) is 0 Å². The van der Waals surface area contributed by atoms with E-state index in [1.807, 2.05) is 18.3 Å². The fourth-order valence-electron chi connectivity index (χ4n) is 2.82. The van der Waals surface area contributed by atoms with Crippen molar-refractivity contribution in [3.63, 3.8) is 0 Å². The van der Waals surface area contributed by atoms with E-state index < -0.39 is 0 Å². The molecule has 2 fully saturated rings. The van der Waals surface area contributed by atoms with Crippen LogP contribution < -0.4 is 0 Å². The van der Waals surface area contributed by atoms with Gasteiger partial charge in [-0.2, -0.15) is 0 Å². The van der Waals surface area contributed by atoms with Crippen LogP contribution in [0.5, 0.6) is 0 Å². The fourth-order valence-corrected chi connectivity index (χ4v) is 2.82. The van der Waals surface area contributed by atoms with E-state index in [9.17, 15) is 4.79 Å². The van der Waals surface area contributed by atoms with E-state index in [-0.39, 0.29) is 16.8 Å². The molecule has 0 bridgehead atoms. The van der Waals surface area contributed by atoms with E-state index in [0.717, 1.165) is 18.5 Å². The summed E-state index contributed by atoms with van der Waals surface area (Å²) in [4.78, 5) is 15.2. The molecular formula is C12H15NO3. The van der Waals surface area contributed by atoms with Crippen LogP contribution in [0.2, 0.25) is 0 Å². The molecule has 1 saturated carbocycles. The minimum Gasteiger partial charge on any atom is -0.469 e. The van der Waals surface area contributed by atoms with Crippen molar-refractivity contribution >= 4 is 5.97 Å². The zero-order chi connectivity index (χ0) is 11.2. The summed E-state index contributed by atoms with van der Waals surface area (Å²) in [6.07, 6.45) is 3.70. The van der Waals surface area contributed by atoms with Gasteiger partial charge in [0.2, 0.25) is 0 Å². The molecule has 1 aliphatic carbocycles. The van der Waals surface area contributed by atoms with Gasteiger partial charge in [-0.3, -0.25) is 4.79 Å². The number of carbonyl (C=O) groups excluding carboxylic acids is 1. The molecule has 0 aromatic carbocycles. The largest absolute Gasteiger partial charge is 0.469 e. The highest BCUT2D eigenvalue weighted by molar-refractivity contribution is 5.82. The summed E-state index contributed by atoms with van der Waals surface area (Å²) >= 11 is 0.